The van der Waals surface area contributed by atoms with Crippen molar-refractivity contribution < 1.29 is 8.42 Å². The van der Waals surface area contributed by atoms with Crippen molar-refractivity contribution in [1.29, 1.82) is 0 Å². The van der Waals surface area contributed by atoms with Crippen molar-refractivity contribution in [2.24, 2.45) is 5.92 Å². The summed E-state index contributed by atoms with van der Waals surface area (Å²) in [7, 11) is -3.26. The molecule has 0 unspecified atom stereocenters. The smallest absolute Gasteiger partial charge is 0.212 e. The second-order valence-corrected chi connectivity index (χ2v) is 11.8. The van der Waals surface area contributed by atoms with Crippen LogP contribution in [0, 0.1) is 5.92 Å². The van der Waals surface area contributed by atoms with Crippen molar-refractivity contribution in [2.75, 3.05) is 5.75 Å². The van der Waals surface area contributed by atoms with Gasteiger partial charge in [-0.2, -0.15) is 0 Å². The Kier molecular flexibility index (Phi) is 5.27. The minimum absolute atomic E-state index is 0.0496. The van der Waals surface area contributed by atoms with Crippen LogP contribution < -0.4 is 4.72 Å². The Hall–Kier alpha value is -1.27. The maximum atomic E-state index is 12.7. The van der Waals surface area contributed by atoms with Gasteiger partial charge < -0.3 is 4.98 Å². The second kappa shape index (κ2) is 7.77. The summed E-state index contributed by atoms with van der Waals surface area (Å²) in [6.07, 6.45) is 10.8. The largest absolute Gasteiger partial charge is 0.345 e. The van der Waals surface area contributed by atoms with Gasteiger partial charge in [-0.3, -0.25) is 4.40 Å². The number of rotatable bonds is 5. The van der Waals surface area contributed by atoms with E-state index in [9.17, 15) is 8.42 Å². The first-order valence-electron chi connectivity index (χ1n) is 10.3. The molecule has 29 heavy (non-hydrogen) atoms. The summed E-state index contributed by atoms with van der Waals surface area (Å²) in [5, 5.41) is 8.76. The molecule has 0 saturated heterocycles. The number of sulfonamides is 1. The van der Waals surface area contributed by atoms with Crippen molar-refractivity contribution in [3.63, 3.8) is 0 Å². The molecule has 2 aliphatic rings. The fourth-order valence-corrected chi connectivity index (χ4v) is 7.93. The van der Waals surface area contributed by atoms with Crippen LogP contribution in [-0.2, 0) is 10.0 Å². The van der Waals surface area contributed by atoms with E-state index in [2.05, 4.69) is 47.5 Å². The van der Waals surface area contributed by atoms with Gasteiger partial charge in [0.05, 0.1) is 17.5 Å². The quantitative estimate of drug-likeness (QED) is 0.391. The maximum Gasteiger partial charge on any atom is 0.212 e. The molecule has 0 radical (unpaired) electrons. The lowest BCUT2D eigenvalue weighted by Crippen LogP contribution is -2.37. The van der Waals surface area contributed by atoms with Crippen molar-refractivity contribution >= 4 is 49.4 Å². The molecule has 2 fully saturated rings. The number of fused-ring (bicyclic) bond motifs is 3. The molecule has 5 rings (SSSR count). The fraction of sp³-hybridized carbons (Fsp3) is 0.632. The number of aromatic amines is 1. The normalized spacial score (nSPS) is 26.6. The number of H-pyrrole nitrogens is 1. The molecule has 3 heterocycles. The van der Waals surface area contributed by atoms with Crippen LogP contribution in [0.4, 0.5) is 0 Å². The molecule has 0 bridgehead atoms. The number of alkyl halides is 1. The number of hydrogen-bond donors (Lipinski definition) is 2. The van der Waals surface area contributed by atoms with Crippen LogP contribution in [0.5, 0.6) is 0 Å². The van der Waals surface area contributed by atoms with Crippen LogP contribution in [0.15, 0.2) is 18.5 Å². The summed E-state index contributed by atoms with van der Waals surface area (Å²) in [5.41, 5.74) is 2.47. The standard InChI is InChI=1S/C19H25IN6O2S/c20-15-9-13(25-29(27,28)11-12-4-2-1-3-5-12)8-14(15)19-24-23-17-10-22-18-16(26(17)19)6-7-21-18/h6-7,10,12-15,21,25H,1-5,8-9,11H2/t13-,14+,15-/m1/s1. The predicted octanol–water partition coefficient (Wildman–Crippen LogP) is 3.15. The molecular weight excluding hydrogens is 503 g/mol. The van der Waals surface area contributed by atoms with Crippen LogP contribution in [0.25, 0.3) is 16.8 Å². The van der Waals surface area contributed by atoms with E-state index >= 15 is 0 Å². The van der Waals surface area contributed by atoms with Gasteiger partial charge in [-0.1, -0.05) is 41.9 Å². The molecule has 2 aliphatic carbocycles. The molecule has 0 spiro atoms. The van der Waals surface area contributed by atoms with Gasteiger partial charge >= 0.3 is 0 Å². The third-order valence-electron chi connectivity index (χ3n) is 6.31. The Balaban J connectivity index is 1.35. The first-order chi connectivity index (χ1) is 14.0. The van der Waals surface area contributed by atoms with Gasteiger partial charge in [0.25, 0.3) is 0 Å². The van der Waals surface area contributed by atoms with Crippen LogP contribution in [0.2, 0.25) is 0 Å². The first-order valence-corrected chi connectivity index (χ1v) is 13.2. The van der Waals surface area contributed by atoms with Crippen molar-refractivity contribution in [3.05, 3.63) is 24.3 Å². The van der Waals surface area contributed by atoms with E-state index in [-0.39, 0.29) is 17.7 Å². The van der Waals surface area contributed by atoms with Gasteiger partial charge in [-0.25, -0.2) is 18.1 Å². The van der Waals surface area contributed by atoms with Crippen molar-refractivity contribution in [1.82, 2.24) is 29.3 Å². The Morgan fingerprint density at radius 2 is 2.03 bits per heavy atom. The second-order valence-electron chi connectivity index (χ2n) is 8.42. The topological polar surface area (TPSA) is 105 Å². The van der Waals surface area contributed by atoms with Crippen molar-refractivity contribution in [3.8, 4) is 0 Å². The summed E-state index contributed by atoms with van der Waals surface area (Å²) in [6, 6.07) is 1.93. The Morgan fingerprint density at radius 1 is 1.21 bits per heavy atom. The molecule has 3 atom stereocenters. The number of halogens is 1. The lowest BCUT2D eigenvalue weighted by molar-refractivity contribution is 0.383. The van der Waals surface area contributed by atoms with E-state index in [1.54, 1.807) is 6.20 Å². The van der Waals surface area contributed by atoms with Crippen LogP contribution in [0.3, 0.4) is 0 Å². The van der Waals surface area contributed by atoms with Gasteiger partial charge in [-0.15, -0.1) is 10.2 Å². The number of nitrogens with zero attached hydrogens (tertiary/aromatic N) is 4. The molecular formula is C19H25IN6O2S. The third kappa shape index (κ3) is 3.90. The van der Waals surface area contributed by atoms with E-state index in [1.165, 1.54) is 6.42 Å². The first kappa shape index (κ1) is 19.7. The van der Waals surface area contributed by atoms with E-state index in [4.69, 9.17) is 0 Å². The summed E-state index contributed by atoms with van der Waals surface area (Å²) >= 11 is 2.43. The summed E-state index contributed by atoms with van der Waals surface area (Å²) in [6.45, 7) is 0. The Morgan fingerprint density at radius 3 is 2.86 bits per heavy atom. The zero-order chi connectivity index (χ0) is 20.0. The van der Waals surface area contributed by atoms with Gasteiger partial charge in [0.15, 0.2) is 11.3 Å². The molecule has 2 saturated carbocycles. The predicted molar refractivity (Wildman–Crippen MR) is 120 cm³/mol. The monoisotopic (exact) mass is 528 g/mol. The minimum atomic E-state index is -3.26. The third-order valence-corrected chi connectivity index (χ3v) is 9.29. The highest BCUT2D eigenvalue weighted by Crippen LogP contribution is 2.40. The molecule has 2 N–H and O–H groups in total. The molecule has 0 amide bonds. The van der Waals surface area contributed by atoms with Gasteiger partial charge in [0.2, 0.25) is 10.0 Å². The fourth-order valence-electron chi connectivity index (χ4n) is 4.95. The van der Waals surface area contributed by atoms with Gasteiger partial charge in [0, 0.05) is 22.1 Å². The van der Waals surface area contributed by atoms with E-state index < -0.39 is 10.0 Å². The van der Waals surface area contributed by atoms with Crippen molar-refractivity contribution in [2.45, 2.75) is 60.8 Å². The SMILES string of the molecule is O=S(=O)(CC1CCCCC1)N[C@H]1C[C@@H](I)[C@@H](c2nnc3cnc4[nH]ccc4n23)C1. The molecule has 156 valence electrons. The highest BCUT2D eigenvalue weighted by molar-refractivity contribution is 14.1. The van der Waals surface area contributed by atoms with E-state index in [1.807, 2.05) is 16.7 Å². The summed E-state index contributed by atoms with van der Waals surface area (Å²) < 4.78 is 30.8. The van der Waals surface area contributed by atoms with Crippen LogP contribution in [-0.4, -0.2) is 48.7 Å². The Bertz CT molecular complexity index is 1120. The number of hydrogen-bond acceptors (Lipinski definition) is 5. The molecule has 8 nitrogen and oxygen atoms in total. The molecule has 3 aromatic rings. The molecule has 0 aliphatic heterocycles. The molecule has 10 heteroatoms. The average molecular weight is 528 g/mol. The highest BCUT2D eigenvalue weighted by Gasteiger charge is 2.38. The summed E-state index contributed by atoms with van der Waals surface area (Å²) in [4.78, 5) is 7.50. The average Bonchev–Trinajstić information content (AvgIpc) is 3.38. The Labute approximate surface area is 183 Å². The molecule has 0 aromatic carbocycles. The number of nitrogens with one attached hydrogen (secondary N) is 2. The van der Waals surface area contributed by atoms with E-state index in [0.29, 0.717) is 9.84 Å². The maximum absolute atomic E-state index is 12.7. The number of aromatic nitrogens is 5. The van der Waals surface area contributed by atoms with Crippen LogP contribution >= 0.6 is 22.6 Å². The van der Waals surface area contributed by atoms with E-state index in [0.717, 1.165) is 61.2 Å². The molecule has 3 aromatic heterocycles. The minimum Gasteiger partial charge on any atom is -0.345 e. The zero-order valence-corrected chi connectivity index (χ0v) is 19.1. The van der Waals surface area contributed by atoms with Gasteiger partial charge in [0.1, 0.15) is 5.82 Å². The van der Waals surface area contributed by atoms with Gasteiger partial charge in [-0.05, 0) is 37.7 Å². The summed E-state index contributed by atoms with van der Waals surface area (Å²) in [5.74, 6) is 1.61. The van der Waals surface area contributed by atoms with Crippen LogP contribution in [0.1, 0.15) is 56.7 Å². The highest BCUT2D eigenvalue weighted by atomic mass is 127. The zero-order valence-electron chi connectivity index (χ0n) is 16.1. The lowest BCUT2D eigenvalue weighted by Gasteiger charge is -2.22. The lowest BCUT2D eigenvalue weighted by atomic mass is 9.91.